The lowest BCUT2D eigenvalue weighted by molar-refractivity contribution is -0.153. The zero-order chi connectivity index (χ0) is 15.5. The van der Waals surface area contributed by atoms with Gasteiger partial charge in [0, 0.05) is 13.6 Å². The molecule has 20 heavy (non-hydrogen) atoms. The van der Waals surface area contributed by atoms with Crippen molar-refractivity contribution in [1.82, 2.24) is 15.1 Å². The number of carboxylic acids is 1. The third-order valence-electron chi connectivity index (χ3n) is 2.24. The van der Waals surface area contributed by atoms with Crippen LogP contribution in [0.1, 0.15) is 37.0 Å². The number of aryl methyl sites for hydroxylation is 1. The van der Waals surface area contributed by atoms with Crippen molar-refractivity contribution in [1.29, 1.82) is 0 Å². The lowest BCUT2D eigenvalue weighted by atomic mass is 10.2. The normalized spacial score (nSPS) is 11.4. The van der Waals surface area contributed by atoms with Crippen molar-refractivity contribution in [3.8, 4) is 0 Å². The Hall–Kier alpha value is -1.41. The van der Waals surface area contributed by atoms with E-state index >= 15 is 0 Å². The van der Waals surface area contributed by atoms with Gasteiger partial charge in [-0.15, -0.1) is 0 Å². The smallest absolute Gasteiger partial charge is 0.355 e. The van der Waals surface area contributed by atoms with E-state index in [-0.39, 0.29) is 24.8 Å². The van der Waals surface area contributed by atoms with Crippen LogP contribution in [-0.2, 0) is 23.1 Å². The first-order chi connectivity index (χ1) is 9.11. The number of halogens is 1. The summed E-state index contributed by atoms with van der Waals surface area (Å²) in [5.41, 5.74) is 0.0633. The largest absolute Gasteiger partial charge is 0.476 e. The summed E-state index contributed by atoms with van der Waals surface area (Å²) in [6.07, 6.45) is 0. The summed E-state index contributed by atoms with van der Waals surface area (Å²) in [5, 5.41) is 16.0. The molecule has 0 fully saturated rings. The molecular formula is C12H18BrN3O4. The molecule has 0 amide bonds. The molecule has 1 aromatic rings. The lowest BCUT2D eigenvalue weighted by Gasteiger charge is -2.19. The van der Waals surface area contributed by atoms with E-state index in [1.54, 1.807) is 27.8 Å². The summed E-state index contributed by atoms with van der Waals surface area (Å²) < 4.78 is 6.82. The Morgan fingerprint density at radius 3 is 2.50 bits per heavy atom. The molecule has 1 aromatic heterocycles. The van der Waals surface area contributed by atoms with Gasteiger partial charge < -0.3 is 15.2 Å². The molecule has 0 aromatic carbocycles. The number of carboxylic acid groups (broad SMARTS) is 1. The molecule has 0 aliphatic heterocycles. The minimum atomic E-state index is -1.06. The molecule has 8 heteroatoms. The van der Waals surface area contributed by atoms with Gasteiger partial charge in [0.05, 0.1) is 16.7 Å². The van der Waals surface area contributed by atoms with Crippen LogP contribution in [0.4, 0.5) is 0 Å². The highest BCUT2D eigenvalue weighted by Crippen LogP contribution is 2.20. The van der Waals surface area contributed by atoms with Crippen molar-refractivity contribution in [3.05, 3.63) is 15.9 Å². The number of hydrogen-bond donors (Lipinski definition) is 2. The summed E-state index contributed by atoms with van der Waals surface area (Å²) in [6.45, 7) is 5.67. The van der Waals surface area contributed by atoms with Gasteiger partial charge in [-0.25, -0.2) is 4.79 Å². The van der Waals surface area contributed by atoms with Crippen LogP contribution in [-0.4, -0.2) is 39.0 Å². The van der Waals surface area contributed by atoms with Gasteiger partial charge in [-0.1, -0.05) is 0 Å². The second-order valence-electron chi connectivity index (χ2n) is 5.23. The number of carbonyl (C=O) groups excluding carboxylic acids is 1. The van der Waals surface area contributed by atoms with Crippen molar-refractivity contribution in [2.45, 2.75) is 32.9 Å². The van der Waals surface area contributed by atoms with Crippen molar-refractivity contribution in [2.24, 2.45) is 7.05 Å². The average molecular weight is 348 g/mol. The number of rotatable bonds is 5. The summed E-state index contributed by atoms with van der Waals surface area (Å²) in [6, 6.07) is 0. The molecule has 0 aliphatic carbocycles. The Balaban J connectivity index is 2.57. The Morgan fingerprint density at radius 1 is 1.45 bits per heavy atom. The van der Waals surface area contributed by atoms with Gasteiger partial charge in [-0.3, -0.25) is 9.48 Å². The van der Waals surface area contributed by atoms with E-state index in [1.165, 1.54) is 4.68 Å². The first kappa shape index (κ1) is 16.6. The van der Waals surface area contributed by atoms with Gasteiger partial charge in [0.1, 0.15) is 5.60 Å². The van der Waals surface area contributed by atoms with E-state index in [1.807, 2.05) is 0 Å². The molecule has 0 radical (unpaired) electrons. The Bertz CT molecular complexity index is 520. The van der Waals surface area contributed by atoms with E-state index in [0.29, 0.717) is 10.2 Å². The van der Waals surface area contributed by atoms with E-state index in [4.69, 9.17) is 9.84 Å². The van der Waals surface area contributed by atoms with Gasteiger partial charge in [-0.05, 0) is 36.7 Å². The molecule has 1 rings (SSSR count). The second kappa shape index (κ2) is 6.36. The number of aromatic nitrogens is 2. The zero-order valence-electron chi connectivity index (χ0n) is 11.9. The maximum absolute atomic E-state index is 11.5. The lowest BCUT2D eigenvalue weighted by Crippen LogP contribution is -2.31. The third kappa shape index (κ3) is 4.61. The van der Waals surface area contributed by atoms with Gasteiger partial charge in [0.25, 0.3) is 0 Å². The van der Waals surface area contributed by atoms with Crippen LogP contribution in [0.25, 0.3) is 0 Å². The van der Waals surface area contributed by atoms with E-state index < -0.39 is 11.6 Å². The number of esters is 1. The number of ether oxygens (including phenoxy) is 1. The molecule has 0 aliphatic rings. The summed E-state index contributed by atoms with van der Waals surface area (Å²) in [7, 11) is 1.55. The number of aromatic carboxylic acids is 1. The maximum Gasteiger partial charge on any atom is 0.355 e. The molecule has 112 valence electrons. The Kier molecular flexibility index (Phi) is 5.29. The van der Waals surface area contributed by atoms with Gasteiger partial charge >= 0.3 is 11.9 Å². The van der Waals surface area contributed by atoms with Gasteiger partial charge in [-0.2, -0.15) is 5.10 Å². The third-order valence-corrected chi connectivity index (χ3v) is 3.07. The molecule has 7 nitrogen and oxygen atoms in total. The number of hydrogen-bond acceptors (Lipinski definition) is 5. The molecule has 0 saturated heterocycles. The molecule has 0 unspecified atom stereocenters. The van der Waals surface area contributed by atoms with E-state index in [0.717, 1.165) is 0 Å². The monoisotopic (exact) mass is 347 g/mol. The summed E-state index contributed by atoms with van der Waals surface area (Å²) in [4.78, 5) is 22.5. The molecule has 1 heterocycles. The number of carbonyl (C=O) groups is 2. The predicted molar refractivity (Wildman–Crippen MR) is 75.4 cm³/mol. The first-order valence-corrected chi connectivity index (χ1v) is 6.78. The fourth-order valence-electron chi connectivity index (χ4n) is 1.56. The minimum Gasteiger partial charge on any atom is -0.476 e. The maximum atomic E-state index is 11.5. The predicted octanol–water partition coefficient (Wildman–Crippen LogP) is 1.31. The fraction of sp³-hybridized carbons (Fsp3) is 0.583. The highest BCUT2D eigenvalue weighted by atomic mass is 79.9. The number of nitrogens with zero attached hydrogens (tertiary/aromatic N) is 2. The zero-order valence-corrected chi connectivity index (χ0v) is 13.4. The number of nitrogens with one attached hydrogen (secondary N) is 1. The molecule has 0 saturated carbocycles. The topological polar surface area (TPSA) is 93.5 Å². The van der Waals surface area contributed by atoms with E-state index in [2.05, 4.69) is 26.3 Å². The summed E-state index contributed by atoms with van der Waals surface area (Å²) in [5.74, 6) is -1.44. The van der Waals surface area contributed by atoms with Crippen LogP contribution in [0.15, 0.2) is 4.47 Å². The van der Waals surface area contributed by atoms with Crippen LogP contribution >= 0.6 is 15.9 Å². The SMILES string of the molecule is Cn1nc(CNCC(=O)OC(C)(C)C)c(Br)c1C(=O)O. The van der Waals surface area contributed by atoms with Crippen LogP contribution in [0.2, 0.25) is 0 Å². The molecular weight excluding hydrogens is 330 g/mol. The van der Waals surface area contributed by atoms with Crippen molar-refractivity contribution in [3.63, 3.8) is 0 Å². The van der Waals surface area contributed by atoms with Crippen LogP contribution < -0.4 is 5.32 Å². The Labute approximate surface area is 125 Å². The fourth-order valence-corrected chi connectivity index (χ4v) is 2.21. The van der Waals surface area contributed by atoms with Gasteiger partial charge in [0.2, 0.25) is 0 Å². The van der Waals surface area contributed by atoms with Crippen LogP contribution in [0, 0.1) is 0 Å². The molecule has 0 spiro atoms. The quantitative estimate of drug-likeness (QED) is 0.780. The standard InChI is InChI=1S/C12H18BrN3O4/c1-12(2,3)20-8(17)6-14-5-7-9(13)10(11(18)19)16(4)15-7/h14H,5-6H2,1-4H3,(H,18,19). The Morgan fingerprint density at radius 2 is 2.05 bits per heavy atom. The molecule has 0 bridgehead atoms. The van der Waals surface area contributed by atoms with Crippen LogP contribution in [0.5, 0.6) is 0 Å². The molecule has 0 atom stereocenters. The highest BCUT2D eigenvalue weighted by molar-refractivity contribution is 9.10. The van der Waals surface area contributed by atoms with Crippen LogP contribution in [0.3, 0.4) is 0 Å². The van der Waals surface area contributed by atoms with Crippen molar-refractivity contribution in [2.75, 3.05) is 6.54 Å². The highest BCUT2D eigenvalue weighted by Gasteiger charge is 2.20. The van der Waals surface area contributed by atoms with E-state index in [9.17, 15) is 9.59 Å². The van der Waals surface area contributed by atoms with Gasteiger partial charge in [0.15, 0.2) is 5.69 Å². The first-order valence-electron chi connectivity index (χ1n) is 5.99. The summed E-state index contributed by atoms with van der Waals surface area (Å²) >= 11 is 3.20. The second-order valence-corrected chi connectivity index (χ2v) is 6.02. The average Bonchev–Trinajstić information content (AvgIpc) is 2.51. The minimum absolute atomic E-state index is 0.0304. The van der Waals surface area contributed by atoms with Crippen molar-refractivity contribution < 1.29 is 19.4 Å². The molecule has 2 N–H and O–H groups in total. The van der Waals surface area contributed by atoms with Crippen molar-refractivity contribution >= 4 is 27.9 Å².